The van der Waals surface area contributed by atoms with E-state index in [2.05, 4.69) is 44.9 Å². The summed E-state index contributed by atoms with van der Waals surface area (Å²) in [5, 5.41) is 10.3. The molecule has 3 rings (SSSR count). The van der Waals surface area contributed by atoms with E-state index in [9.17, 15) is 4.79 Å². The van der Waals surface area contributed by atoms with Gasteiger partial charge in [0.25, 0.3) is 0 Å². The zero-order valence-corrected chi connectivity index (χ0v) is 16.3. The largest absolute Gasteiger partial charge is 0.384 e. The van der Waals surface area contributed by atoms with Crippen LogP contribution in [0.25, 0.3) is 10.9 Å². The number of nitrogens with one attached hydrogen (secondary N) is 3. The highest BCUT2D eigenvalue weighted by molar-refractivity contribution is 5.90. The minimum Gasteiger partial charge on any atom is -0.384 e. The van der Waals surface area contributed by atoms with E-state index in [1.54, 1.807) is 0 Å². The molecule has 146 valence electrons. The Hall–Kier alpha value is -3.19. The van der Waals surface area contributed by atoms with Crippen molar-refractivity contribution in [2.45, 2.75) is 6.54 Å². The summed E-state index contributed by atoms with van der Waals surface area (Å²) in [5.74, 6) is 0.574. The molecule has 1 amide bonds. The number of anilines is 2. The number of benzene rings is 2. The van der Waals surface area contributed by atoms with Crippen LogP contribution in [0.15, 0.2) is 54.9 Å². The summed E-state index contributed by atoms with van der Waals surface area (Å²) in [7, 11) is 4.10. The van der Waals surface area contributed by atoms with E-state index < -0.39 is 0 Å². The van der Waals surface area contributed by atoms with Crippen molar-refractivity contribution in [2.24, 2.45) is 0 Å². The van der Waals surface area contributed by atoms with E-state index in [1.807, 2.05) is 48.5 Å². The molecule has 3 N–H and O–H groups in total. The van der Waals surface area contributed by atoms with Gasteiger partial charge in [0.15, 0.2) is 0 Å². The summed E-state index contributed by atoms with van der Waals surface area (Å²) in [6, 6.07) is 15.8. The summed E-state index contributed by atoms with van der Waals surface area (Å²) in [5.41, 5.74) is 2.98. The second kappa shape index (κ2) is 9.66. The van der Waals surface area contributed by atoms with Crippen molar-refractivity contribution in [1.29, 1.82) is 0 Å². The Bertz CT molecular complexity index is 905. The van der Waals surface area contributed by atoms with Crippen LogP contribution in [0.4, 0.5) is 11.5 Å². The van der Waals surface area contributed by atoms with Gasteiger partial charge in [0.1, 0.15) is 12.1 Å². The first-order valence-corrected chi connectivity index (χ1v) is 9.29. The molecule has 7 heteroatoms. The molecule has 0 fully saturated rings. The first-order chi connectivity index (χ1) is 13.6. The summed E-state index contributed by atoms with van der Waals surface area (Å²) in [6.07, 6.45) is 1.50. The normalized spacial score (nSPS) is 10.8. The van der Waals surface area contributed by atoms with Crippen LogP contribution in [0, 0.1) is 0 Å². The molecule has 0 saturated carbocycles. The summed E-state index contributed by atoms with van der Waals surface area (Å²) in [4.78, 5) is 22.7. The van der Waals surface area contributed by atoms with Crippen molar-refractivity contribution in [1.82, 2.24) is 20.2 Å². The maximum absolute atomic E-state index is 12.2. The maximum Gasteiger partial charge on any atom is 0.239 e. The van der Waals surface area contributed by atoms with Crippen LogP contribution in [0.1, 0.15) is 5.56 Å². The molecule has 0 bridgehead atoms. The number of hydrogen-bond acceptors (Lipinski definition) is 6. The predicted molar refractivity (Wildman–Crippen MR) is 113 cm³/mol. The van der Waals surface area contributed by atoms with Gasteiger partial charge in [-0.2, -0.15) is 0 Å². The number of rotatable bonds is 9. The Morgan fingerprint density at radius 1 is 1.00 bits per heavy atom. The fraction of sp³-hybridized carbons (Fsp3) is 0.286. The lowest BCUT2D eigenvalue weighted by molar-refractivity contribution is -0.119. The summed E-state index contributed by atoms with van der Waals surface area (Å²) >= 11 is 0. The molecule has 28 heavy (non-hydrogen) atoms. The van der Waals surface area contributed by atoms with E-state index >= 15 is 0 Å². The zero-order chi connectivity index (χ0) is 19.8. The molecular formula is C21H26N6O. The Labute approximate surface area is 165 Å². The predicted octanol–water partition coefficient (Wildman–Crippen LogP) is 2.33. The Balaban J connectivity index is 1.45. The minimum absolute atomic E-state index is 0.0872. The van der Waals surface area contributed by atoms with E-state index in [0.717, 1.165) is 35.2 Å². The number of hydrogen-bond donors (Lipinski definition) is 3. The smallest absolute Gasteiger partial charge is 0.239 e. The Kier molecular flexibility index (Phi) is 6.75. The quantitative estimate of drug-likeness (QED) is 0.530. The van der Waals surface area contributed by atoms with Crippen molar-refractivity contribution in [2.75, 3.05) is 44.4 Å². The first-order valence-electron chi connectivity index (χ1n) is 9.29. The monoisotopic (exact) mass is 378 g/mol. The number of fused-ring (bicyclic) bond motifs is 1. The number of nitrogens with zero attached hydrogens (tertiary/aromatic N) is 3. The van der Waals surface area contributed by atoms with Gasteiger partial charge in [0, 0.05) is 30.7 Å². The van der Waals surface area contributed by atoms with Gasteiger partial charge in [-0.25, -0.2) is 9.97 Å². The highest BCUT2D eigenvalue weighted by Gasteiger charge is 2.06. The van der Waals surface area contributed by atoms with Crippen LogP contribution >= 0.6 is 0 Å². The van der Waals surface area contributed by atoms with E-state index in [1.165, 1.54) is 6.33 Å². The van der Waals surface area contributed by atoms with Gasteiger partial charge in [-0.1, -0.05) is 24.3 Å². The summed E-state index contributed by atoms with van der Waals surface area (Å²) in [6.45, 7) is 2.52. The third-order valence-electron chi connectivity index (χ3n) is 4.29. The van der Waals surface area contributed by atoms with Crippen LogP contribution in [-0.4, -0.2) is 54.5 Å². The van der Waals surface area contributed by atoms with Gasteiger partial charge in [0.2, 0.25) is 5.91 Å². The molecule has 1 aromatic heterocycles. The second-order valence-corrected chi connectivity index (χ2v) is 6.80. The SMILES string of the molecule is CN(C)CCNc1ccc(CNC(=O)CNc2ncnc3ccccc23)cc1. The molecule has 7 nitrogen and oxygen atoms in total. The van der Waals surface area contributed by atoms with Gasteiger partial charge in [-0.3, -0.25) is 4.79 Å². The van der Waals surface area contributed by atoms with Gasteiger partial charge in [-0.05, 0) is 43.9 Å². The molecule has 0 aliphatic carbocycles. The lowest BCUT2D eigenvalue weighted by atomic mass is 10.2. The number of aromatic nitrogens is 2. The molecule has 1 heterocycles. The van der Waals surface area contributed by atoms with Gasteiger partial charge < -0.3 is 20.9 Å². The fourth-order valence-electron chi connectivity index (χ4n) is 2.74. The average molecular weight is 378 g/mol. The molecule has 3 aromatic rings. The lowest BCUT2D eigenvalue weighted by Crippen LogP contribution is -2.29. The Morgan fingerprint density at radius 2 is 1.79 bits per heavy atom. The number of carbonyl (C=O) groups excluding carboxylic acids is 1. The highest BCUT2D eigenvalue weighted by atomic mass is 16.1. The van der Waals surface area contributed by atoms with Crippen LogP contribution in [0.2, 0.25) is 0 Å². The Morgan fingerprint density at radius 3 is 2.57 bits per heavy atom. The molecule has 0 spiro atoms. The van der Waals surface area contributed by atoms with E-state index in [0.29, 0.717) is 12.4 Å². The lowest BCUT2D eigenvalue weighted by Gasteiger charge is -2.12. The number of para-hydroxylation sites is 1. The third kappa shape index (κ3) is 5.65. The molecule has 0 unspecified atom stereocenters. The van der Waals surface area contributed by atoms with E-state index in [-0.39, 0.29) is 12.5 Å². The molecular weight excluding hydrogens is 352 g/mol. The molecule has 2 aromatic carbocycles. The van der Waals surface area contributed by atoms with Crippen LogP contribution in [-0.2, 0) is 11.3 Å². The van der Waals surface area contributed by atoms with Gasteiger partial charge >= 0.3 is 0 Å². The van der Waals surface area contributed by atoms with Gasteiger partial charge in [-0.15, -0.1) is 0 Å². The number of carbonyl (C=O) groups is 1. The van der Waals surface area contributed by atoms with Crippen molar-refractivity contribution < 1.29 is 4.79 Å². The van der Waals surface area contributed by atoms with Crippen LogP contribution in [0.3, 0.4) is 0 Å². The zero-order valence-electron chi connectivity index (χ0n) is 16.3. The average Bonchev–Trinajstić information content (AvgIpc) is 2.71. The second-order valence-electron chi connectivity index (χ2n) is 6.80. The first kappa shape index (κ1) is 19.6. The third-order valence-corrected chi connectivity index (χ3v) is 4.29. The van der Waals surface area contributed by atoms with Crippen molar-refractivity contribution in [3.05, 3.63) is 60.4 Å². The molecule has 0 saturated heterocycles. The minimum atomic E-state index is -0.0872. The summed E-state index contributed by atoms with van der Waals surface area (Å²) < 4.78 is 0. The van der Waals surface area contributed by atoms with Crippen molar-refractivity contribution in [3.63, 3.8) is 0 Å². The standard InChI is InChI=1S/C21H26N6O/c1-27(2)12-11-22-17-9-7-16(8-10-17)13-23-20(28)14-24-21-18-5-3-4-6-19(18)25-15-26-21/h3-10,15,22H,11-14H2,1-2H3,(H,23,28)(H,24,25,26). The highest BCUT2D eigenvalue weighted by Crippen LogP contribution is 2.17. The van der Waals surface area contributed by atoms with Crippen molar-refractivity contribution in [3.8, 4) is 0 Å². The number of amides is 1. The van der Waals surface area contributed by atoms with Crippen molar-refractivity contribution >= 4 is 28.3 Å². The van der Waals surface area contributed by atoms with Crippen LogP contribution in [0.5, 0.6) is 0 Å². The maximum atomic E-state index is 12.2. The molecule has 0 atom stereocenters. The molecule has 0 aliphatic rings. The van der Waals surface area contributed by atoms with E-state index in [4.69, 9.17) is 0 Å². The topological polar surface area (TPSA) is 82.2 Å². The van der Waals surface area contributed by atoms with Gasteiger partial charge in [0.05, 0.1) is 12.1 Å². The molecule has 0 radical (unpaired) electrons. The number of likely N-dealkylation sites (N-methyl/N-ethyl adjacent to an activating group) is 1. The van der Waals surface area contributed by atoms with Crippen LogP contribution < -0.4 is 16.0 Å². The fourth-order valence-corrected chi connectivity index (χ4v) is 2.74. The molecule has 0 aliphatic heterocycles.